The Kier molecular flexibility index (Phi) is 6.76. The van der Waals surface area contributed by atoms with E-state index in [0.29, 0.717) is 10.8 Å². The van der Waals surface area contributed by atoms with Crippen LogP contribution in [0.5, 0.6) is 0 Å². The summed E-state index contributed by atoms with van der Waals surface area (Å²) in [5.41, 5.74) is -3.74. The number of aliphatic hydroxyl groups is 2. The smallest absolute Gasteiger partial charge is 0.387 e. The summed E-state index contributed by atoms with van der Waals surface area (Å²) in [5.74, 6) is -1.41. The van der Waals surface area contributed by atoms with Gasteiger partial charge in [0, 0.05) is 0 Å². The van der Waals surface area contributed by atoms with Crippen molar-refractivity contribution in [1.82, 2.24) is 9.55 Å². The van der Waals surface area contributed by atoms with Gasteiger partial charge in [-0.2, -0.15) is 13.0 Å². The summed E-state index contributed by atoms with van der Waals surface area (Å²) in [6.45, 7) is -2.76. The lowest BCUT2D eigenvalue weighted by atomic mass is 9.96. The summed E-state index contributed by atoms with van der Waals surface area (Å²) in [6.07, 6.45) is -6.13. The van der Waals surface area contributed by atoms with Crippen molar-refractivity contribution in [3.63, 3.8) is 0 Å². The molecule has 1 aliphatic rings. The highest BCUT2D eigenvalue weighted by Crippen LogP contribution is 2.66. The number of hydrogen-bond acceptors (Lipinski definition) is 11. The van der Waals surface area contributed by atoms with Crippen LogP contribution in [0.3, 0.4) is 0 Å². The molecule has 0 aromatic carbocycles. The molecule has 0 amide bonds. The highest BCUT2D eigenvalue weighted by Gasteiger charge is 2.54. The molecule has 0 saturated carbocycles. The van der Waals surface area contributed by atoms with Crippen molar-refractivity contribution >= 4 is 35.7 Å². The van der Waals surface area contributed by atoms with Crippen molar-refractivity contribution in [3.8, 4) is 0 Å². The lowest BCUT2D eigenvalue weighted by Gasteiger charge is -2.28. The third-order valence-corrected chi connectivity index (χ3v) is 7.51. The second kappa shape index (κ2) is 8.93. The Morgan fingerprint density at radius 2 is 1.90 bits per heavy atom. The molecule has 0 bridgehead atoms. The minimum atomic E-state index is -6.02. The van der Waals surface area contributed by atoms with Gasteiger partial charge < -0.3 is 34.5 Å². The molecular weight excluding hydrogens is 516 g/mol. The van der Waals surface area contributed by atoms with E-state index in [1.807, 2.05) is 4.98 Å². The Bertz CT molecular complexity index is 1180. The van der Waals surface area contributed by atoms with Gasteiger partial charge in [0.05, 0.1) is 15.5 Å². The highest BCUT2D eigenvalue weighted by atomic mass is 32.1. The summed E-state index contributed by atoms with van der Waals surface area (Å²) in [4.78, 5) is 48.8. The van der Waals surface area contributed by atoms with Crippen LogP contribution in [0.4, 0.5) is 4.39 Å². The Balaban J connectivity index is 2.34. The summed E-state index contributed by atoms with van der Waals surface area (Å²) in [5, 5.41) is 20.9. The van der Waals surface area contributed by atoms with E-state index in [4.69, 9.17) is 34.4 Å². The van der Waals surface area contributed by atoms with Crippen molar-refractivity contribution in [2.24, 2.45) is 0 Å². The molecule has 6 atom stereocenters. The minimum absolute atomic E-state index is 0.466. The first-order valence-corrected chi connectivity index (χ1v) is 12.4. The topological polar surface area (TPSA) is 247 Å². The molecule has 3 unspecified atom stereocenters. The van der Waals surface area contributed by atoms with E-state index in [1.165, 1.54) is 0 Å². The molecule has 0 radical (unpaired) electrons. The third-order valence-electron chi connectivity index (χ3n) is 3.54. The zero-order valence-electron chi connectivity index (χ0n) is 16.8. The average molecular weight is 534 g/mol. The van der Waals surface area contributed by atoms with Gasteiger partial charge in [-0.05, 0) is 19.1 Å². The molecule has 31 heavy (non-hydrogen) atoms. The fourth-order valence-electron chi connectivity index (χ4n) is 2.29. The van der Waals surface area contributed by atoms with Gasteiger partial charge in [0.2, 0.25) is 5.82 Å². The van der Waals surface area contributed by atoms with Gasteiger partial charge in [-0.1, -0.05) is 0 Å². The molecule has 1 aromatic rings. The van der Waals surface area contributed by atoms with E-state index in [2.05, 4.69) is 13.1 Å². The normalized spacial score (nSPS) is 32.1. The number of nitrogens with one attached hydrogen (secondary N) is 1. The number of rotatable bonds is 8. The molecule has 21 heteroatoms. The van der Waals surface area contributed by atoms with Gasteiger partial charge in [-0.3, -0.25) is 18.9 Å². The quantitative estimate of drug-likeness (QED) is 0.162. The molecule has 178 valence electrons. The fraction of sp³-hybridized carbons (Fsp3) is 0.600. The third kappa shape index (κ3) is 6.66. The molecule has 1 aliphatic heterocycles. The van der Waals surface area contributed by atoms with Crippen LogP contribution in [-0.2, 0) is 31.6 Å². The summed E-state index contributed by atoms with van der Waals surface area (Å²) < 4.78 is 79.3. The summed E-state index contributed by atoms with van der Waals surface area (Å²) in [7, 11) is -17.7. The number of aliphatic hydroxyl groups excluding tert-OH is 1. The van der Waals surface area contributed by atoms with E-state index in [-0.39, 0.29) is 0 Å². The Morgan fingerprint density at radius 1 is 1.32 bits per heavy atom. The summed E-state index contributed by atoms with van der Waals surface area (Å²) >= 11 is 4.80. The van der Waals surface area contributed by atoms with Crippen molar-refractivity contribution < 1.29 is 68.5 Å². The lowest BCUT2D eigenvalue weighted by Crippen LogP contribution is -2.44. The average Bonchev–Trinajstić information content (AvgIpc) is 2.77. The summed E-state index contributed by atoms with van der Waals surface area (Å²) in [6, 6.07) is 0. The number of ether oxygens (including phenoxy) is 1. The van der Waals surface area contributed by atoms with Gasteiger partial charge in [0.25, 0.3) is 5.56 Å². The van der Waals surface area contributed by atoms with Gasteiger partial charge in [0.15, 0.2) is 11.0 Å². The Labute approximate surface area is 179 Å². The van der Waals surface area contributed by atoms with Crippen LogP contribution in [0.15, 0.2) is 11.0 Å². The van der Waals surface area contributed by atoms with Crippen LogP contribution in [-0.4, -0.2) is 63.7 Å². The van der Waals surface area contributed by atoms with Gasteiger partial charge >= 0.3 is 23.5 Å². The maximum Gasteiger partial charge on any atom is 0.490 e. The number of phosphoric acid groups is 3. The fourth-order valence-corrected chi connectivity index (χ4v) is 5.41. The Morgan fingerprint density at radius 3 is 2.45 bits per heavy atom. The van der Waals surface area contributed by atoms with Gasteiger partial charge in [0.1, 0.15) is 17.8 Å². The Hall–Kier alpha value is -0.680. The second-order valence-electron chi connectivity index (χ2n) is 6.02. The van der Waals surface area contributed by atoms with Crippen LogP contribution in [0.2, 0.25) is 0 Å². The van der Waals surface area contributed by atoms with E-state index in [9.17, 15) is 38.0 Å². The van der Waals surface area contributed by atoms with E-state index < -0.39 is 70.2 Å². The van der Waals surface area contributed by atoms with Crippen molar-refractivity contribution in [3.05, 3.63) is 27.1 Å². The minimum Gasteiger partial charge on any atom is -0.387 e. The monoisotopic (exact) mass is 534 g/mol. The molecule has 2 rings (SSSR count). The van der Waals surface area contributed by atoms with Crippen molar-refractivity contribution in [2.45, 2.75) is 31.0 Å². The molecule has 1 saturated heterocycles. The molecule has 1 fully saturated rings. The van der Waals surface area contributed by atoms with Crippen LogP contribution in [0.25, 0.3) is 0 Å². The van der Waals surface area contributed by atoms with Gasteiger partial charge in [-0.25, -0.2) is 13.7 Å². The van der Waals surface area contributed by atoms with Crippen LogP contribution in [0, 0.1) is 10.6 Å². The van der Waals surface area contributed by atoms with E-state index in [1.54, 1.807) is 0 Å². The van der Waals surface area contributed by atoms with Crippen LogP contribution in [0.1, 0.15) is 15.9 Å². The number of aromatic amines is 1. The first-order chi connectivity index (χ1) is 14.6. The maximum absolute atomic E-state index is 13.7. The molecule has 0 aliphatic carbocycles. The highest BCUT2D eigenvalue weighted by molar-refractivity contribution is 7.71. The molecule has 7 N–H and O–H groups in total. The number of H-pyrrole nitrogens is 1. The number of aromatic nitrogens is 2. The molecule has 1 aromatic heterocycles. The number of hydrogen-bond donors (Lipinski definition) is 7. The zero-order chi connectivity index (χ0) is 25.8. The predicted octanol–water partition coefficient (Wildman–Crippen LogP) is -0.602. The first-order valence-electron chi connectivity index (χ1n) is 8.49. The van der Waals surface area contributed by atoms with E-state index in [0.717, 1.165) is 6.92 Å². The van der Waals surface area contributed by atoms with Crippen LogP contribution < -0.4 is 5.56 Å². The maximum atomic E-state index is 13.7. The van der Waals surface area contributed by atoms with E-state index >= 15 is 0 Å². The van der Waals surface area contributed by atoms with Crippen LogP contribution >= 0.6 is 35.7 Å². The van der Waals surface area contributed by atoms with Gasteiger partial charge in [-0.15, -0.1) is 0 Å². The standard InChI is InChI=1S/C10H16FN2O14P3S/c1-10(16)6(14)5(25-8(10)13-2-4(11)7(15)12-9(13)31)3-24-29(20,21)27-30(22,23)26-28(17,18)19/h2,5-6,8,14,16H,3H2,1H3,(H,20,21)(H,22,23)(H,12,15,31)(H2,17,18,19)/t5-,6+,8-,10?/m1/s1/i3D2. The SMILES string of the molecule is [2H]C([2H])(OP(=O)(O)OP(=O)(O)OP(=O)(O)O)[C@H]1O[C@@H](n2cc(F)c(=O)[nH]c2=S)C(C)(O)[C@H]1O. The lowest BCUT2D eigenvalue weighted by molar-refractivity contribution is -0.0981. The molecule has 2 heterocycles. The largest absolute Gasteiger partial charge is 0.490 e. The second-order valence-corrected chi connectivity index (χ2v) is 10.8. The number of phosphoric ester groups is 1. The molecular formula is C10H16FN2O14P3S. The van der Waals surface area contributed by atoms with Crippen molar-refractivity contribution in [1.29, 1.82) is 0 Å². The number of halogens is 1. The number of nitrogens with zero attached hydrogens (tertiary/aromatic N) is 1. The zero-order valence-corrected chi connectivity index (χ0v) is 18.3. The molecule has 0 spiro atoms. The molecule has 16 nitrogen and oxygen atoms in total. The van der Waals surface area contributed by atoms with Crippen molar-refractivity contribution in [2.75, 3.05) is 6.56 Å². The predicted molar refractivity (Wildman–Crippen MR) is 96.2 cm³/mol. The first kappa shape index (κ1) is 23.5.